The first-order chi connectivity index (χ1) is 28.3. The molecule has 2 amide bonds. The molecule has 0 saturated heterocycles. The Kier molecular flexibility index (Phi) is 23.0. The molecule has 0 unspecified atom stereocenters. The highest BCUT2D eigenvalue weighted by molar-refractivity contribution is 9.10. The van der Waals surface area contributed by atoms with E-state index < -0.39 is 0 Å². The summed E-state index contributed by atoms with van der Waals surface area (Å²) in [5, 5.41) is 3.14. The Hall–Kier alpha value is -1.76. The maximum Gasteiger partial charge on any atom is 0.352 e. The fourth-order valence-electron chi connectivity index (χ4n) is 9.97. The van der Waals surface area contributed by atoms with Crippen molar-refractivity contribution in [2.45, 2.75) is 207 Å². The summed E-state index contributed by atoms with van der Waals surface area (Å²) >= 11 is 7.50. The number of benzene rings is 2. The van der Waals surface area contributed by atoms with Crippen molar-refractivity contribution in [3.63, 3.8) is 0 Å². The van der Waals surface area contributed by atoms with E-state index in [1.165, 1.54) is 180 Å². The molecule has 2 aliphatic rings. The standard InChI is InChI=1S/C52H80Br2N2O2/c1-5-9-13-17-21-25-29-41(30-26-22-18-14-10-6-2)39-56(40-42(31-27-23-19-15-11-7-3)32-28-24-20-16-12-8-4)48-38-44(54)34-36-46(48)50(52(56)58)49-45-35-33-43(53)37-47(45)55-51(49)57/h33-38,41-42H,5-32,39-40H2,1-4H3/p+1. The van der Waals surface area contributed by atoms with Crippen LogP contribution in [0.15, 0.2) is 45.3 Å². The smallest absolute Gasteiger partial charge is 0.321 e. The molecule has 4 nitrogen and oxygen atoms in total. The molecule has 0 aliphatic carbocycles. The number of halogens is 2. The number of nitrogens with zero attached hydrogens (tertiary/aromatic N) is 1. The number of nitrogens with one attached hydrogen (secondary N) is 1. The van der Waals surface area contributed by atoms with Crippen molar-refractivity contribution < 1.29 is 9.59 Å². The molecule has 0 radical (unpaired) electrons. The molecule has 2 aromatic carbocycles. The average molecular weight is 926 g/mol. The van der Waals surface area contributed by atoms with E-state index in [1.807, 2.05) is 18.2 Å². The maximum absolute atomic E-state index is 16.0. The second-order valence-electron chi connectivity index (χ2n) is 18.2. The molecule has 2 aliphatic heterocycles. The number of fused-ring (bicyclic) bond motifs is 2. The van der Waals surface area contributed by atoms with Crippen LogP contribution in [0, 0.1) is 11.8 Å². The number of anilines is 1. The maximum atomic E-state index is 16.0. The van der Waals surface area contributed by atoms with E-state index >= 15 is 4.79 Å². The highest BCUT2D eigenvalue weighted by Crippen LogP contribution is 2.51. The van der Waals surface area contributed by atoms with Crippen LogP contribution in [-0.4, -0.2) is 24.9 Å². The van der Waals surface area contributed by atoms with E-state index in [4.69, 9.17) is 0 Å². The molecule has 6 heteroatoms. The molecule has 0 saturated carbocycles. The Balaban J connectivity index is 1.77. The van der Waals surface area contributed by atoms with E-state index in [1.54, 1.807) is 0 Å². The molecule has 324 valence electrons. The minimum Gasteiger partial charge on any atom is -0.321 e. The lowest BCUT2D eigenvalue weighted by Gasteiger charge is -2.38. The zero-order valence-corrected chi connectivity index (χ0v) is 40.5. The average Bonchev–Trinajstić information content (AvgIpc) is 3.64. The summed E-state index contributed by atoms with van der Waals surface area (Å²) in [6.45, 7) is 10.9. The molecule has 0 bridgehead atoms. The van der Waals surface area contributed by atoms with Crippen molar-refractivity contribution in [2.75, 3.05) is 18.4 Å². The Labute approximate surface area is 372 Å². The molecular weight excluding hydrogens is 844 g/mol. The van der Waals surface area contributed by atoms with Crippen LogP contribution in [0.1, 0.15) is 219 Å². The van der Waals surface area contributed by atoms with Gasteiger partial charge in [-0.25, -0.2) is 9.28 Å². The first kappa shape index (κ1) is 48.9. The fourth-order valence-corrected chi connectivity index (χ4v) is 10.7. The third kappa shape index (κ3) is 14.7. The van der Waals surface area contributed by atoms with E-state index in [0.717, 1.165) is 44.5 Å². The third-order valence-corrected chi connectivity index (χ3v) is 14.3. The van der Waals surface area contributed by atoms with Crippen molar-refractivity contribution in [1.82, 2.24) is 4.48 Å². The number of carbonyl (C=O) groups is 2. The largest absolute Gasteiger partial charge is 0.352 e. The van der Waals surface area contributed by atoms with Gasteiger partial charge in [0.1, 0.15) is 11.3 Å². The number of hydrogen-bond acceptors (Lipinski definition) is 2. The Bertz CT molecular complexity index is 1500. The van der Waals surface area contributed by atoms with E-state index in [2.05, 4.69) is 83.1 Å². The Morgan fingerprint density at radius 2 is 0.862 bits per heavy atom. The summed E-state index contributed by atoms with van der Waals surface area (Å²) < 4.78 is 2.30. The summed E-state index contributed by atoms with van der Waals surface area (Å²) in [5.74, 6) is 0.918. The van der Waals surface area contributed by atoms with Gasteiger partial charge in [-0.05, 0) is 49.9 Å². The van der Waals surface area contributed by atoms with E-state index in [9.17, 15) is 4.79 Å². The third-order valence-electron chi connectivity index (χ3n) is 13.3. The summed E-state index contributed by atoms with van der Waals surface area (Å²) in [7, 11) is 0. The number of quaternary nitrogens is 1. The normalized spacial score (nSPS) is 15.9. The van der Waals surface area contributed by atoms with Gasteiger partial charge in [0.25, 0.3) is 5.91 Å². The molecule has 0 aromatic heterocycles. The molecule has 0 fully saturated rings. The summed E-state index contributed by atoms with van der Waals surface area (Å²) in [4.78, 5) is 30.0. The minimum absolute atomic E-state index is 0.154. The van der Waals surface area contributed by atoms with Gasteiger partial charge in [-0.1, -0.05) is 220 Å². The van der Waals surface area contributed by atoms with Crippen LogP contribution >= 0.6 is 31.9 Å². The van der Waals surface area contributed by atoms with E-state index in [-0.39, 0.29) is 11.8 Å². The van der Waals surface area contributed by atoms with Crippen molar-refractivity contribution in [3.8, 4) is 0 Å². The van der Waals surface area contributed by atoms with Gasteiger partial charge in [0.15, 0.2) is 0 Å². The molecule has 1 N–H and O–H groups in total. The van der Waals surface area contributed by atoms with Crippen molar-refractivity contribution in [2.24, 2.45) is 11.8 Å². The number of rotatable bonds is 32. The molecule has 4 rings (SSSR count). The van der Waals surface area contributed by atoms with Gasteiger partial charge in [0.2, 0.25) is 0 Å². The van der Waals surface area contributed by atoms with E-state index in [0.29, 0.717) is 27.5 Å². The Morgan fingerprint density at radius 3 is 1.29 bits per heavy atom. The fraction of sp³-hybridized carbons (Fsp3) is 0.692. The lowest BCUT2D eigenvalue weighted by atomic mass is 9.89. The highest BCUT2D eigenvalue weighted by atomic mass is 79.9. The molecule has 0 spiro atoms. The van der Waals surface area contributed by atoms with Gasteiger partial charge in [-0.2, -0.15) is 0 Å². The van der Waals surface area contributed by atoms with Gasteiger partial charge in [-0.3, -0.25) is 4.79 Å². The second-order valence-corrected chi connectivity index (χ2v) is 20.0. The van der Waals surface area contributed by atoms with Crippen molar-refractivity contribution in [1.29, 1.82) is 0 Å². The quantitative estimate of drug-likeness (QED) is 0.0451. The number of unbranched alkanes of at least 4 members (excludes halogenated alkanes) is 20. The monoisotopic (exact) mass is 923 g/mol. The molecular formula is C52H81Br2N2O2+. The molecule has 0 atom stereocenters. The van der Waals surface area contributed by atoms with Gasteiger partial charge < -0.3 is 5.32 Å². The van der Waals surface area contributed by atoms with Gasteiger partial charge in [0.05, 0.1) is 29.9 Å². The van der Waals surface area contributed by atoms with Crippen molar-refractivity contribution in [3.05, 3.63) is 56.5 Å². The van der Waals surface area contributed by atoms with Crippen LogP contribution in [-0.2, 0) is 9.59 Å². The van der Waals surface area contributed by atoms with Gasteiger partial charge in [-0.15, -0.1) is 0 Å². The second kappa shape index (κ2) is 27.2. The predicted molar refractivity (Wildman–Crippen MR) is 259 cm³/mol. The van der Waals surface area contributed by atoms with Gasteiger partial charge >= 0.3 is 5.91 Å². The topological polar surface area (TPSA) is 46.2 Å². The SMILES string of the molecule is CCCCCCCCC(CCCCCCCC)C[N+]1(CC(CCCCCCCC)CCCCCCCC)C(=O)/C(=C2/C(=O)Nc3cc(Br)ccc32)c2ccc(Br)cc21. The van der Waals surface area contributed by atoms with Crippen LogP contribution in [0.3, 0.4) is 0 Å². The lowest BCUT2D eigenvalue weighted by Crippen LogP contribution is -2.57. The number of hydrogen-bond donors (Lipinski definition) is 1. The molecule has 2 heterocycles. The minimum atomic E-state index is -0.156. The zero-order valence-electron chi connectivity index (χ0n) is 37.4. The summed E-state index contributed by atoms with van der Waals surface area (Å²) in [6, 6.07) is 12.5. The Morgan fingerprint density at radius 1 is 0.483 bits per heavy atom. The summed E-state index contributed by atoms with van der Waals surface area (Å²) in [6.07, 6.45) is 35.7. The van der Waals surface area contributed by atoms with Crippen LogP contribution in [0.2, 0.25) is 0 Å². The first-order valence-corrected chi connectivity index (χ1v) is 26.0. The van der Waals surface area contributed by atoms with Crippen LogP contribution < -0.4 is 9.80 Å². The molecule has 2 aromatic rings. The van der Waals surface area contributed by atoms with Crippen LogP contribution in [0.4, 0.5) is 11.4 Å². The van der Waals surface area contributed by atoms with Gasteiger partial charge in [0, 0.05) is 32.4 Å². The van der Waals surface area contributed by atoms with Crippen molar-refractivity contribution >= 4 is 66.2 Å². The molecule has 58 heavy (non-hydrogen) atoms. The first-order valence-electron chi connectivity index (χ1n) is 24.4. The van der Waals surface area contributed by atoms with Crippen LogP contribution in [0.25, 0.3) is 11.1 Å². The van der Waals surface area contributed by atoms with Crippen LogP contribution in [0.5, 0.6) is 0 Å². The lowest BCUT2D eigenvalue weighted by molar-refractivity contribution is -0.125. The number of amides is 2. The zero-order chi connectivity index (χ0) is 41.6. The number of carbonyl (C=O) groups excluding carboxylic acids is 2. The highest BCUT2D eigenvalue weighted by Gasteiger charge is 2.54. The summed E-state index contributed by atoms with van der Waals surface area (Å²) in [5.41, 5.74) is 4.90. The predicted octanol–water partition coefficient (Wildman–Crippen LogP) is 17.2.